The van der Waals surface area contributed by atoms with E-state index in [0.29, 0.717) is 11.1 Å². The summed E-state index contributed by atoms with van der Waals surface area (Å²) in [4.78, 5) is 24.1. The largest absolute Gasteiger partial charge is 0.481 e. The Morgan fingerprint density at radius 3 is 2.45 bits per heavy atom. The second-order valence-corrected chi connectivity index (χ2v) is 5.57. The van der Waals surface area contributed by atoms with Crippen LogP contribution in [0.4, 0.5) is 13.2 Å². The lowest BCUT2D eigenvalue weighted by Crippen LogP contribution is -2.47. The molecule has 0 bridgehead atoms. The molecule has 1 N–H and O–H groups in total. The predicted molar refractivity (Wildman–Crippen MR) is 65.7 cm³/mol. The number of carboxylic acid groups (broad SMARTS) is 1. The normalized spacial score (nSPS) is 23.1. The number of hydrogen-bond acceptors (Lipinski definition) is 3. The molecule has 2 heterocycles. The van der Waals surface area contributed by atoms with Gasteiger partial charge in [0.1, 0.15) is 0 Å². The Bertz CT molecular complexity index is 554. The van der Waals surface area contributed by atoms with Crippen LogP contribution in [0.2, 0.25) is 0 Å². The minimum absolute atomic E-state index is 0.208. The molecule has 1 atom stereocenters. The van der Waals surface area contributed by atoms with Crippen molar-refractivity contribution in [2.75, 3.05) is 13.1 Å². The lowest BCUT2D eigenvalue weighted by Gasteiger charge is -2.27. The Morgan fingerprint density at radius 2 is 2.05 bits per heavy atom. The summed E-state index contributed by atoms with van der Waals surface area (Å²) in [6.07, 6.45) is -5.49. The molecule has 1 aromatic heterocycles. The molecule has 1 saturated heterocycles. The van der Waals surface area contributed by atoms with Gasteiger partial charge in [0.15, 0.2) is 5.41 Å². The van der Waals surface area contributed by atoms with Crippen LogP contribution in [0.3, 0.4) is 0 Å². The lowest BCUT2D eigenvalue weighted by molar-refractivity contribution is -0.227. The van der Waals surface area contributed by atoms with Gasteiger partial charge in [-0.3, -0.25) is 9.59 Å². The van der Waals surface area contributed by atoms with Crippen LogP contribution in [0.5, 0.6) is 0 Å². The zero-order valence-electron chi connectivity index (χ0n) is 10.5. The number of aliphatic carboxylic acids is 1. The monoisotopic (exact) mass is 307 g/mol. The Labute approximate surface area is 116 Å². The van der Waals surface area contributed by atoms with E-state index in [9.17, 15) is 22.8 Å². The number of alkyl halides is 3. The van der Waals surface area contributed by atoms with Gasteiger partial charge in [0.2, 0.25) is 0 Å². The van der Waals surface area contributed by atoms with Crippen LogP contribution < -0.4 is 0 Å². The Balaban J connectivity index is 2.26. The number of carboxylic acids is 1. The number of halogens is 3. The third-order valence-corrected chi connectivity index (χ3v) is 4.46. The van der Waals surface area contributed by atoms with Crippen LogP contribution in [-0.4, -0.2) is 41.1 Å². The van der Waals surface area contributed by atoms with Crippen molar-refractivity contribution in [3.63, 3.8) is 0 Å². The van der Waals surface area contributed by atoms with Gasteiger partial charge in [-0.25, -0.2) is 0 Å². The molecule has 0 aliphatic carbocycles. The van der Waals surface area contributed by atoms with Crippen molar-refractivity contribution in [3.05, 3.63) is 21.9 Å². The number of nitrogens with zero attached hydrogens (tertiary/aromatic N) is 1. The predicted octanol–water partition coefficient (Wildman–Crippen LogP) is 2.54. The molecule has 4 nitrogen and oxygen atoms in total. The smallest absolute Gasteiger partial charge is 0.406 e. The first-order valence-electron chi connectivity index (χ1n) is 5.81. The van der Waals surface area contributed by atoms with Crippen LogP contribution in [0, 0.1) is 12.3 Å². The topological polar surface area (TPSA) is 57.6 Å². The first-order valence-corrected chi connectivity index (χ1v) is 6.75. The molecule has 1 aliphatic heterocycles. The fraction of sp³-hybridized carbons (Fsp3) is 0.500. The van der Waals surface area contributed by atoms with E-state index in [1.54, 1.807) is 17.7 Å². The molecular formula is C12H12F3NO3S. The molecule has 110 valence electrons. The van der Waals surface area contributed by atoms with Gasteiger partial charge in [-0.05, 0) is 24.3 Å². The second kappa shape index (κ2) is 4.76. The highest BCUT2D eigenvalue weighted by molar-refractivity contribution is 7.08. The molecule has 0 spiro atoms. The maximum absolute atomic E-state index is 13.0. The van der Waals surface area contributed by atoms with Gasteiger partial charge in [-0.2, -0.15) is 24.5 Å². The minimum atomic E-state index is -4.88. The van der Waals surface area contributed by atoms with E-state index in [0.717, 1.165) is 4.90 Å². The van der Waals surface area contributed by atoms with E-state index in [4.69, 9.17) is 5.11 Å². The number of likely N-dealkylation sites (tertiary alicyclic amines) is 1. The van der Waals surface area contributed by atoms with Crippen molar-refractivity contribution in [2.24, 2.45) is 5.41 Å². The molecule has 0 unspecified atom stereocenters. The van der Waals surface area contributed by atoms with Gasteiger partial charge in [0, 0.05) is 18.5 Å². The minimum Gasteiger partial charge on any atom is -0.481 e. The fourth-order valence-electron chi connectivity index (χ4n) is 2.26. The highest BCUT2D eigenvalue weighted by atomic mass is 32.1. The van der Waals surface area contributed by atoms with Gasteiger partial charge in [-0.15, -0.1) is 0 Å². The van der Waals surface area contributed by atoms with Crippen LogP contribution >= 0.6 is 11.3 Å². The first-order chi connectivity index (χ1) is 9.19. The highest BCUT2D eigenvalue weighted by Gasteiger charge is 2.64. The summed E-state index contributed by atoms with van der Waals surface area (Å²) >= 11 is 1.28. The molecular weight excluding hydrogens is 295 g/mol. The van der Waals surface area contributed by atoms with Crippen LogP contribution in [0.1, 0.15) is 22.3 Å². The van der Waals surface area contributed by atoms with Gasteiger partial charge in [-0.1, -0.05) is 0 Å². The summed E-state index contributed by atoms with van der Waals surface area (Å²) in [5.41, 5.74) is -1.84. The van der Waals surface area contributed by atoms with E-state index in [1.807, 2.05) is 0 Å². The molecule has 20 heavy (non-hydrogen) atoms. The van der Waals surface area contributed by atoms with Gasteiger partial charge in [0.05, 0.1) is 5.56 Å². The fourth-order valence-corrected chi connectivity index (χ4v) is 3.08. The average molecular weight is 307 g/mol. The molecule has 0 saturated carbocycles. The molecule has 0 aromatic carbocycles. The number of carbonyl (C=O) groups excluding carboxylic acids is 1. The quantitative estimate of drug-likeness (QED) is 0.913. The highest BCUT2D eigenvalue weighted by Crippen LogP contribution is 2.46. The van der Waals surface area contributed by atoms with Crippen LogP contribution in [0.15, 0.2) is 10.8 Å². The van der Waals surface area contributed by atoms with Crippen molar-refractivity contribution >= 4 is 23.2 Å². The van der Waals surface area contributed by atoms with Crippen LogP contribution in [-0.2, 0) is 4.79 Å². The standard InChI is InChI=1S/C12H12F3NO3S/c1-7-4-20-5-8(7)9(17)16-3-2-11(6-16,10(18)19)12(13,14)15/h4-5H,2-3,6H2,1H3,(H,18,19)/t11-/m0/s1. The summed E-state index contributed by atoms with van der Waals surface area (Å²) in [6.45, 7) is 0.647. The Morgan fingerprint density at radius 1 is 1.40 bits per heavy atom. The Hall–Kier alpha value is -1.57. The zero-order chi connectivity index (χ0) is 15.1. The number of carbonyl (C=O) groups is 2. The second-order valence-electron chi connectivity index (χ2n) is 4.83. The maximum Gasteiger partial charge on any atom is 0.406 e. The molecule has 0 radical (unpaired) electrons. The number of aryl methyl sites for hydroxylation is 1. The van der Waals surface area contributed by atoms with E-state index in [2.05, 4.69) is 0 Å². The van der Waals surface area contributed by atoms with Gasteiger partial charge in [0.25, 0.3) is 5.91 Å². The van der Waals surface area contributed by atoms with Crippen molar-refractivity contribution < 1.29 is 27.9 Å². The van der Waals surface area contributed by atoms with Crippen LogP contribution in [0.25, 0.3) is 0 Å². The first kappa shape index (κ1) is 14.8. The Kier molecular flexibility index (Phi) is 3.53. The summed E-state index contributed by atoms with van der Waals surface area (Å²) < 4.78 is 39.0. The summed E-state index contributed by atoms with van der Waals surface area (Å²) in [7, 11) is 0. The maximum atomic E-state index is 13.0. The van der Waals surface area contributed by atoms with Crippen molar-refractivity contribution in [1.82, 2.24) is 4.90 Å². The van der Waals surface area contributed by atoms with E-state index in [1.165, 1.54) is 11.3 Å². The molecule has 1 aliphatic rings. The third kappa shape index (κ3) is 2.17. The van der Waals surface area contributed by atoms with Crippen molar-refractivity contribution in [3.8, 4) is 0 Å². The third-order valence-electron chi connectivity index (χ3n) is 3.59. The van der Waals surface area contributed by atoms with Crippen molar-refractivity contribution in [2.45, 2.75) is 19.5 Å². The van der Waals surface area contributed by atoms with E-state index in [-0.39, 0.29) is 6.54 Å². The summed E-state index contributed by atoms with van der Waals surface area (Å²) in [5.74, 6) is -2.47. The SMILES string of the molecule is Cc1cscc1C(=O)N1CC[C@](C(=O)O)(C(F)(F)F)C1. The number of amides is 1. The summed E-state index contributed by atoms with van der Waals surface area (Å²) in [6, 6.07) is 0. The van der Waals surface area contributed by atoms with Gasteiger partial charge >= 0.3 is 12.1 Å². The molecule has 1 aromatic rings. The van der Waals surface area contributed by atoms with Crippen molar-refractivity contribution in [1.29, 1.82) is 0 Å². The summed E-state index contributed by atoms with van der Waals surface area (Å²) in [5, 5.41) is 12.2. The molecule has 1 amide bonds. The number of rotatable bonds is 2. The number of hydrogen-bond donors (Lipinski definition) is 1. The molecule has 1 fully saturated rings. The average Bonchev–Trinajstić information content (AvgIpc) is 2.93. The van der Waals surface area contributed by atoms with Gasteiger partial charge < -0.3 is 10.0 Å². The number of thiophene rings is 1. The lowest BCUT2D eigenvalue weighted by atomic mass is 9.86. The van der Waals surface area contributed by atoms with E-state index >= 15 is 0 Å². The zero-order valence-corrected chi connectivity index (χ0v) is 11.3. The van der Waals surface area contributed by atoms with E-state index < -0.39 is 36.4 Å². The molecule has 8 heteroatoms. The molecule has 2 rings (SSSR count).